The molecule has 0 aliphatic carbocycles. The predicted molar refractivity (Wildman–Crippen MR) is 167 cm³/mol. The van der Waals surface area contributed by atoms with E-state index in [-0.39, 0.29) is 60.6 Å². The van der Waals surface area contributed by atoms with Crippen molar-refractivity contribution in [3.05, 3.63) is 25.3 Å². The Morgan fingerprint density at radius 1 is 1.26 bits per heavy atom. The Morgan fingerprint density at radius 2 is 1.93 bits per heavy atom. The van der Waals surface area contributed by atoms with Gasteiger partial charge < -0.3 is 29.7 Å². The number of allylic oxidation sites excluding steroid dienone is 1. The van der Waals surface area contributed by atoms with Crippen LogP contribution in [-0.2, 0) is 28.7 Å². The summed E-state index contributed by atoms with van der Waals surface area (Å²) in [6.45, 7) is 20.0. The molecule has 2 bridgehead atoms. The van der Waals surface area contributed by atoms with E-state index in [1.165, 1.54) is 4.90 Å². The molecule has 0 aromatic carbocycles. The standard InChI is InChI=1S/C32H50BrN3O7/c1-9-11-13-22(38)34-18-20(3)42-29(41)23-24-27(39)35(15-12-16-37)26(32(24)17-21(33)25(23)43-32)28(40)36(14-10-2)31(7,8)19-30(4,5)6/h9-10,20-21,23-26,37H,1-2,11-19H2,3-8H3,(H,34,38)/t20-,21?,23-,24+,25-,26-,32+/m0/s1. The summed E-state index contributed by atoms with van der Waals surface area (Å²) in [4.78, 5) is 57.5. The lowest BCUT2D eigenvalue weighted by atomic mass is 9.70. The zero-order valence-corrected chi connectivity index (χ0v) is 28.2. The molecule has 3 heterocycles. The van der Waals surface area contributed by atoms with Crippen molar-refractivity contribution in [3.63, 3.8) is 0 Å². The average molecular weight is 669 g/mol. The third-order valence-corrected chi connectivity index (χ3v) is 9.45. The maximum absolute atomic E-state index is 14.7. The molecule has 3 fully saturated rings. The maximum atomic E-state index is 14.7. The molecule has 3 saturated heterocycles. The highest BCUT2D eigenvalue weighted by atomic mass is 79.9. The molecule has 2 N–H and O–H groups in total. The summed E-state index contributed by atoms with van der Waals surface area (Å²) in [7, 11) is 0. The first kappa shape index (κ1) is 35.2. The lowest BCUT2D eigenvalue weighted by Gasteiger charge is -2.45. The van der Waals surface area contributed by atoms with Crippen LogP contribution in [0.3, 0.4) is 0 Å². The monoisotopic (exact) mass is 667 g/mol. The van der Waals surface area contributed by atoms with Gasteiger partial charge >= 0.3 is 5.97 Å². The van der Waals surface area contributed by atoms with Crippen molar-refractivity contribution < 1.29 is 33.8 Å². The van der Waals surface area contributed by atoms with Crippen LogP contribution in [-0.4, -0.2) is 99.1 Å². The molecular weight excluding hydrogens is 618 g/mol. The van der Waals surface area contributed by atoms with Crippen molar-refractivity contribution >= 4 is 39.6 Å². The van der Waals surface area contributed by atoms with Gasteiger partial charge in [-0.2, -0.15) is 0 Å². The molecular formula is C32H50BrN3O7. The number of ether oxygens (including phenoxy) is 2. The molecule has 3 amide bonds. The summed E-state index contributed by atoms with van der Waals surface area (Å²) in [6, 6.07) is -0.972. The molecule has 43 heavy (non-hydrogen) atoms. The number of carbonyl (C=O) groups is 4. The summed E-state index contributed by atoms with van der Waals surface area (Å²) in [5.41, 5.74) is -1.88. The second-order valence-corrected chi connectivity index (χ2v) is 15.1. The van der Waals surface area contributed by atoms with E-state index in [0.29, 0.717) is 25.7 Å². The molecule has 3 aliphatic rings. The summed E-state index contributed by atoms with van der Waals surface area (Å²) in [5, 5.41) is 12.4. The zero-order chi connectivity index (χ0) is 32.3. The molecule has 0 aromatic rings. The molecule has 3 aliphatic heterocycles. The fourth-order valence-electron chi connectivity index (χ4n) is 7.36. The quantitative estimate of drug-likeness (QED) is 0.156. The van der Waals surface area contributed by atoms with Crippen molar-refractivity contribution in [2.45, 2.75) is 108 Å². The van der Waals surface area contributed by atoms with Crippen molar-refractivity contribution in [1.82, 2.24) is 15.1 Å². The summed E-state index contributed by atoms with van der Waals surface area (Å²) < 4.78 is 12.3. The first-order valence-electron chi connectivity index (χ1n) is 15.3. The fraction of sp³-hybridized carbons (Fsp3) is 0.750. The van der Waals surface area contributed by atoms with Crippen molar-refractivity contribution in [2.24, 2.45) is 17.3 Å². The summed E-state index contributed by atoms with van der Waals surface area (Å²) in [5.74, 6) is -3.18. The Labute approximate surface area is 264 Å². The van der Waals surface area contributed by atoms with Gasteiger partial charge in [-0.1, -0.05) is 48.9 Å². The van der Waals surface area contributed by atoms with E-state index in [1.807, 2.05) is 13.8 Å². The van der Waals surface area contributed by atoms with E-state index < -0.39 is 47.2 Å². The number of hydrogen-bond donors (Lipinski definition) is 2. The lowest BCUT2D eigenvalue weighted by molar-refractivity contribution is -0.159. The van der Waals surface area contributed by atoms with Gasteiger partial charge in [0.2, 0.25) is 17.7 Å². The number of halogens is 1. The molecule has 11 heteroatoms. The van der Waals surface area contributed by atoms with E-state index in [1.54, 1.807) is 24.0 Å². The maximum Gasteiger partial charge on any atom is 0.312 e. The predicted octanol–water partition coefficient (Wildman–Crippen LogP) is 3.36. The molecule has 1 unspecified atom stereocenters. The molecule has 7 atom stereocenters. The largest absolute Gasteiger partial charge is 0.460 e. The minimum Gasteiger partial charge on any atom is -0.460 e. The van der Waals surface area contributed by atoms with Crippen LogP contribution in [0.2, 0.25) is 0 Å². The Balaban J connectivity index is 1.94. The number of alkyl halides is 1. The Morgan fingerprint density at radius 3 is 2.51 bits per heavy atom. The topological polar surface area (TPSA) is 125 Å². The van der Waals surface area contributed by atoms with Gasteiger partial charge in [-0.05, 0) is 51.9 Å². The SMILES string of the molecule is C=CCCC(=O)NC[C@H](C)OC(=O)[C@@H]1[C@H]2O[C@@]3(CC2Br)[C@H](C(=O)N(CC=C)C(C)(C)CC(C)(C)C)N(CCCO)C(=O)[C@@H]13. The van der Waals surface area contributed by atoms with Crippen LogP contribution < -0.4 is 5.32 Å². The molecule has 0 radical (unpaired) electrons. The summed E-state index contributed by atoms with van der Waals surface area (Å²) >= 11 is 3.68. The van der Waals surface area contributed by atoms with E-state index in [2.05, 4.69) is 55.2 Å². The van der Waals surface area contributed by atoms with Gasteiger partial charge in [-0.3, -0.25) is 19.2 Å². The number of nitrogens with zero attached hydrogens (tertiary/aromatic N) is 2. The van der Waals surface area contributed by atoms with Gasteiger partial charge in [-0.15, -0.1) is 13.2 Å². The third kappa shape index (κ3) is 7.36. The summed E-state index contributed by atoms with van der Waals surface area (Å²) in [6.07, 6.45) is 4.26. The van der Waals surface area contributed by atoms with Crippen LogP contribution in [0.1, 0.15) is 73.6 Å². The fourth-order valence-corrected chi connectivity index (χ4v) is 8.31. The number of esters is 1. The van der Waals surface area contributed by atoms with Crippen LogP contribution in [0.4, 0.5) is 0 Å². The molecule has 1 spiro atoms. The van der Waals surface area contributed by atoms with E-state index in [4.69, 9.17) is 9.47 Å². The first-order chi connectivity index (χ1) is 20.0. The molecule has 0 aromatic heterocycles. The molecule has 3 rings (SSSR count). The number of nitrogens with one attached hydrogen (secondary N) is 1. The Kier molecular flexibility index (Phi) is 11.3. The normalized spacial score (nSPS) is 28.8. The minimum absolute atomic E-state index is 0.0774. The highest BCUT2D eigenvalue weighted by molar-refractivity contribution is 9.09. The van der Waals surface area contributed by atoms with Gasteiger partial charge in [0.25, 0.3) is 0 Å². The lowest BCUT2D eigenvalue weighted by Crippen LogP contribution is -2.61. The van der Waals surface area contributed by atoms with Crippen LogP contribution in [0.5, 0.6) is 0 Å². The second-order valence-electron chi connectivity index (χ2n) is 13.9. The highest BCUT2D eigenvalue weighted by Gasteiger charge is 2.77. The smallest absolute Gasteiger partial charge is 0.312 e. The van der Waals surface area contributed by atoms with Crippen molar-refractivity contribution in [2.75, 3.05) is 26.2 Å². The second kappa shape index (κ2) is 13.8. The Bertz CT molecular complexity index is 1090. The Hall–Kier alpha value is -2.24. The van der Waals surface area contributed by atoms with Gasteiger partial charge in [0, 0.05) is 36.5 Å². The minimum atomic E-state index is -1.23. The number of fused-ring (bicyclic) bond motifs is 1. The van der Waals surface area contributed by atoms with Crippen molar-refractivity contribution in [3.8, 4) is 0 Å². The number of carbonyl (C=O) groups excluding carboxylic acids is 4. The number of aliphatic hydroxyl groups excluding tert-OH is 1. The number of hydrogen-bond acceptors (Lipinski definition) is 7. The van der Waals surface area contributed by atoms with Gasteiger partial charge in [0.1, 0.15) is 17.7 Å². The average Bonchev–Trinajstić information content (AvgIpc) is 3.49. The van der Waals surface area contributed by atoms with Crippen LogP contribution in [0, 0.1) is 17.3 Å². The first-order valence-corrected chi connectivity index (χ1v) is 16.2. The molecule has 0 saturated carbocycles. The van der Waals surface area contributed by atoms with Crippen LogP contribution >= 0.6 is 15.9 Å². The van der Waals surface area contributed by atoms with E-state index >= 15 is 0 Å². The number of likely N-dealkylation sites (tertiary alicyclic amines) is 1. The van der Waals surface area contributed by atoms with E-state index in [0.717, 1.165) is 0 Å². The zero-order valence-electron chi connectivity index (χ0n) is 26.6. The van der Waals surface area contributed by atoms with Crippen LogP contribution in [0.25, 0.3) is 0 Å². The van der Waals surface area contributed by atoms with Gasteiger partial charge in [0.15, 0.2) is 0 Å². The van der Waals surface area contributed by atoms with Crippen molar-refractivity contribution in [1.29, 1.82) is 0 Å². The van der Waals surface area contributed by atoms with E-state index in [9.17, 15) is 24.3 Å². The molecule has 242 valence electrons. The third-order valence-electron chi connectivity index (χ3n) is 8.60. The number of aliphatic hydroxyl groups is 1. The van der Waals surface area contributed by atoms with Gasteiger partial charge in [-0.25, -0.2) is 0 Å². The van der Waals surface area contributed by atoms with Crippen LogP contribution in [0.15, 0.2) is 25.3 Å². The molecule has 10 nitrogen and oxygen atoms in total. The highest BCUT2D eigenvalue weighted by Crippen LogP contribution is 2.60. The number of amides is 3. The number of rotatable bonds is 15. The van der Waals surface area contributed by atoms with Gasteiger partial charge in [0.05, 0.1) is 24.5 Å².